The van der Waals surface area contributed by atoms with Gasteiger partial charge in [-0.15, -0.1) is 0 Å². The van der Waals surface area contributed by atoms with Gasteiger partial charge in [0.25, 0.3) is 0 Å². The number of halogens is 2. The van der Waals surface area contributed by atoms with Crippen molar-refractivity contribution in [1.29, 1.82) is 0 Å². The van der Waals surface area contributed by atoms with Crippen LogP contribution in [-0.4, -0.2) is 16.8 Å². The van der Waals surface area contributed by atoms with Gasteiger partial charge in [-0.25, -0.2) is 13.6 Å². The van der Waals surface area contributed by atoms with E-state index in [9.17, 15) is 13.6 Å². The minimum atomic E-state index is -1.24. The minimum Gasteiger partial charge on any atom is -0.503 e. The van der Waals surface area contributed by atoms with Gasteiger partial charge in [-0.05, 0) is 32.9 Å². The summed E-state index contributed by atoms with van der Waals surface area (Å²) in [6, 6.07) is 1.83. The lowest BCUT2D eigenvalue weighted by Crippen LogP contribution is -2.27. The summed E-state index contributed by atoms with van der Waals surface area (Å²) in [5, 5.41) is 11.1. The van der Waals surface area contributed by atoms with Gasteiger partial charge < -0.3 is 9.84 Å². The van der Waals surface area contributed by atoms with Crippen molar-refractivity contribution in [3.8, 4) is 5.75 Å². The van der Waals surface area contributed by atoms with Crippen LogP contribution in [0.15, 0.2) is 12.1 Å². The van der Waals surface area contributed by atoms with E-state index in [-0.39, 0.29) is 5.69 Å². The second kappa shape index (κ2) is 4.57. The van der Waals surface area contributed by atoms with E-state index in [0.717, 1.165) is 12.1 Å². The van der Waals surface area contributed by atoms with Crippen LogP contribution < -0.4 is 5.32 Å². The molecule has 0 aliphatic carbocycles. The Bertz CT molecular complexity index is 441. The largest absolute Gasteiger partial charge is 0.503 e. The van der Waals surface area contributed by atoms with Crippen molar-refractivity contribution in [2.45, 2.75) is 26.4 Å². The fourth-order valence-electron chi connectivity index (χ4n) is 1.05. The van der Waals surface area contributed by atoms with Crippen LogP contribution in [0.4, 0.5) is 19.3 Å². The average Bonchev–Trinajstić information content (AvgIpc) is 2.16. The highest BCUT2D eigenvalue weighted by molar-refractivity contribution is 5.85. The number of hydrogen-bond donors (Lipinski definition) is 2. The number of carbonyl (C=O) groups is 1. The number of ether oxygens (including phenoxy) is 1. The Labute approximate surface area is 97.2 Å². The molecule has 1 rings (SSSR count). The van der Waals surface area contributed by atoms with Gasteiger partial charge in [-0.3, -0.25) is 5.32 Å². The van der Waals surface area contributed by atoms with E-state index < -0.39 is 29.1 Å². The molecule has 0 fully saturated rings. The summed E-state index contributed by atoms with van der Waals surface area (Å²) < 4.78 is 30.9. The molecule has 4 nitrogen and oxygen atoms in total. The monoisotopic (exact) mass is 245 g/mol. The van der Waals surface area contributed by atoms with E-state index in [1.807, 2.05) is 0 Å². The molecule has 0 bridgehead atoms. The smallest absolute Gasteiger partial charge is 0.412 e. The fourth-order valence-corrected chi connectivity index (χ4v) is 1.05. The molecular formula is C11H13F2NO3. The third-order valence-electron chi connectivity index (χ3n) is 1.70. The van der Waals surface area contributed by atoms with Crippen molar-refractivity contribution in [2.24, 2.45) is 0 Å². The summed E-state index contributed by atoms with van der Waals surface area (Å²) in [4.78, 5) is 11.3. The van der Waals surface area contributed by atoms with Crippen LogP contribution in [-0.2, 0) is 4.74 Å². The number of carbonyl (C=O) groups excluding carboxylic acids is 1. The SMILES string of the molecule is CC(C)(C)OC(=O)Nc1ccc(F)c(O)c1F. The first-order valence-electron chi connectivity index (χ1n) is 4.87. The highest BCUT2D eigenvalue weighted by Crippen LogP contribution is 2.26. The Morgan fingerprint density at radius 2 is 1.94 bits per heavy atom. The van der Waals surface area contributed by atoms with Crippen LogP contribution in [0.3, 0.4) is 0 Å². The third-order valence-corrected chi connectivity index (χ3v) is 1.70. The lowest BCUT2D eigenvalue weighted by atomic mass is 10.2. The Kier molecular flexibility index (Phi) is 3.55. The highest BCUT2D eigenvalue weighted by Gasteiger charge is 2.19. The quantitative estimate of drug-likeness (QED) is 0.799. The first kappa shape index (κ1) is 13.2. The summed E-state index contributed by atoms with van der Waals surface area (Å²) in [5.41, 5.74) is -1.08. The summed E-state index contributed by atoms with van der Waals surface area (Å²) in [6.45, 7) is 4.93. The lowest BCUT2D eigenvalue weighted by Gasteiger charge is -2.19. The molecule has 0 aliphatic heterocycles. The zero-order chi connectivity index (χ0) is 13.2. The lowest BCUT2D eigenvalue weighted by molar-refractivity contribution is 0.0635. The van der Waals surface area contributed by atoms with Crippen molar-refractivity contribution < 1.29 is 23.4 Å². The highest BCUT2D eigenvalue weighted by atomic mass is 19.1. The summed E-state index contributed by atoms with van der Waals surface area (Å²) in [7, 11) is 0. The van der Waals surface area contributed by atoms with Crippen LogP contribution in [0.2, 0.25) is 0 Å². The molecule has 0 saturated carbocycles. The van der Waals surface area contributed by atoms with Crippen LogP contribution in [0, 0.1) is 11.6 Å². The number of anilines is 1. The maximum Gasteiger partial charge on any atom is 0.412 e. The molecular weight excluding hydrogens is 232 g/mol. The zero-order valence-electron chi connectivity index (χ0n) is 9.67. The second-order valence-corrected chi connectivity index (χ2v) is 4.38. The maximum absolute atomic E-state index is 13.3. The second-order valence-electron chi connectivity index (χ2n) is 4.38. The number of aromatic hydroxyl groups is 1. The van der Waals surface area contributed by atoms with Crippen LogP contribution in [0.5, 0.6) is 5.75 Å². The zero-order valence-corrected chi connectivity index (χ0v) is 9.67. The normalized spacial score (nSPS) is 11.1. The number of nitrogens with one attached hydrogen (secondary N) is 1. The van der Waals surface area contributed by atoms with Gasteiger partial charge >= 0.3 is 6.09 Å². The Hall–Kier alpha value is -1.85. The van der Waals surface area contributed by atoms with Gasteiger partial charge in [-0.1, -0.05) is 0 Å². The molecule has 94 valence electrons. The molecule has 0 heterocycles. The third kappa shape index (κ3) is 3.58. The van der Waals surface area contributed by atoms with Gasteiger partial charge in [0.2, 0.25) is 0 Å². The van der Waals surface area contributed by atoms with E-state index in [4.69, 9.17) is 9.84 Å². The number of hydrogen-bond acceptors (Lipinski definition) is 3. The summed E-state index contributed by atoms with van der Waals surface area (Å²) in [6.07, 6.45) is -0.887. The number of amides is 1. The van der Waals surface area contributed by atoms with E-state index in [1.54, 1.807) is 20.8 Å². The standard InChI is InChI=1S/C11H13F2NO3/c1-11(2,3)17-10(16)14-7-5-4-6(12)9(15)8(7)13/h4-5,15H,1-3H3,(H,14,16). The van der Waals surface area contributed by atoms with Crippen molar-refractivity contribution in [1.82, 2.24) is 0 Å². The first-order valence-corrected chi connectivity index (χ1v) is 4.87. The van der Waals surface area contributed by atoms with E-state index >= 15 is 0 Å². The van der Waals surface area contributed by atoms with Gasteiger partial charge in [0.1, 0.15) is 5.60 Å². The molecule has 2 N–H and O–H groups in total. The molecule has 1 aromatic rings. The van der Waals surface area contributed by atoms with Crippen molar-refractivity contribution in [3.63, 3.8) is 0 Å². The van der Waals surface area contributed by atoms with Crippen molar-refractivity contribution >= 4 is 11.8 Å². The van der Waals surface area contributed by atoms with Crippen LogP contribution in [0.25, 0.3) is 0 Å². The molecule has 0 radical (unpaired) electrons. The summed E-state index contributed by atoms with van der Waals surface area (Å²) >= 11 is 0. The van der Waals surface area contributed by atoms with E-state index in [2.05, 4.69) is 5.32 Å². The topological polar surface area (TPSA) is 58.6 Å². The molecule has 6 heteroatoms. The Morgan fingerprint density at radius 1 is 1.35 bits per heavy atom. The van der Waals surface area contributed by atoms with Gasteiger partial charge in [0.15, 0.2) is 17.4 Å². The van der Waals surface area contributed by atoms with Crippen molar-refractivity contribution in [3.05, 3.63) is 23.8 Å². The van der Waals surface area contributed by atoms with Crippen LogP contribution >= 0.6 is 0 Å². The molecule has 0 saturated heterocycles. The molecule has 0 spiro atoms. The molecule has 1 aromatic carbocycles. The average molecular weight is 245 g/mol. The van der Waals surface area contributed by atoms with E-state index in [1.165, 1.54) is 0 Å². The molecule has 1 amide bonds. The number of benzene rings is 1. The summed E-state index contributed by atoms with van der Waals surface area (Å²) in [5.74, 6) is -3.48. The predicted molar refractivity (Wildman–Crippen MR) is 57.9 cm³/mol. The molecule has 0 aromatic heterocycles. The Balaban J connectivity index is 2.83. The number of phenolic OH excluding ortho intramolecular Hbond substituents is 1. The number of rotatable bonds is 1. The maximum atomic E-state index is 13.3. The van der Waals surface area contributed by atoms with Gasteiger partial charge in [-0.2, -0.15) is 0 Å². The minimum absolute atomic E-state index is 0.349. The Morgan fingerprint density at radius 3 is 2.47 bits per heavy atom. The predicted octanol–water partition coefficient (Wildman–Crippen LogP) is 3.02. The number of phenols is 1. The molecule has 0 atom stereocenters. The van der Waals surface area contributed by atoms with E-state index in [0.29, 0.717) is 0 Å². The molecule has 0 unspecified atom stereocenters. The van der Waals surface area contributed by atoms with Crippen LogP contribution in [0.1, 0.15) is 20.8 Å². The fraction of sp³-hybridized carbons (Fsp3) is 0.364. The van der Waals surface area contributed by atoms with Gasteiger partial charge in [0.05, 0.1) is 5.69 Å². The van der Waals surface area contributed by atoms with Gasteiger partial charge in [0, 0.05) is 0 Å². The molecule has 17 heavy (non-hydrogen) atoms. The van der Waals surface area contributed by atoms with Crippen molar-refractivity contribution in [2.75, 3.05) is 5.32 Å². The first-order chi connectivity index (χ1) is 7.70. The molecule has 0 aliphatic rings.